The van der Waals surface area contributed by atoms with Crippen LogP contribution in [0.4, 0.5) is 0 Å². The van der Waals surface area contributed by atoms with E-state index in [-0.39, 0.29) is 5.89 Å². The highest BCUT2D eigenvalue weighted by molar-refractivity contribution is 5.04. The first kappa shape index (κ1) is 6.45. The summed E-state index contributed by atoms with van der Waals surface area (Å²) < 4.78 is 8.46. The lowest BCUT2D eigenvalue weighted by atomic mass is 9.45. The maximum Gasteiger partial charge on any atom is 0.0303 e. The average Bonchev–Trinajstić information content (AvgIpc) is 1.71. The van der Waals surface area contributed by atoms with Crippen LogP contribution in [0.1, 0.15) is 53.7 Å². The fraction of sp³-hybridized carbons (Fsp3) is 1.00. The van der Waals surface area contributed by atoms with Gasteiger partial charge in [0.1, 0.15) is 0 Å². The predicted octanol–water partition coefficient (Wildman–Crippen LogP) is 3.61. The molecular weight excluding hydrogens is 144 g/mol. The van der Waals surface area contributed by atoms with Crippen molar-refractivity contribution in [1.29, 1.82) is 0 Å². The molecule has 0 aromatic rings. The van der Waals surface area contributed by atoms with Gasteiger partial charge in [-0.2, -0.15) is 0 Å². The number of hydrogen-bond acceptors (Lipinski definition) is 0. The van der Waals surface area contributed by atoms with E-state index in [1.165, 1.54) is 38.5 Å². The molecule has 0 saturated heterocycles. The van der Waals surface area contributed by atoms with E-state index in [1.54, 1.807) is 0 Å². The Hall–Kier alpha value is 0. The summed E-state index contributed by atoms with van der Waals surface area (Å²) in [6.07, 6.45) is 7.82. The Bertz CT molecular complexity index is 207. The minimum absolute atomic E-state index is 0.0249. The molecule has 4 bridgehead atoms. The molecule has 4 aliphatic rings. The van der Waals surface area contributed by atoms with E-state index in [4.69, 9.17) is 1.37 Å². The summed E-state index contributed by atoms with van der Waals surface area (Å²) in [6, 6.07) is 0. The summed E-state index contributed by atoms with van der Waals surface area (Å²) in [5.41, 5.74) is 1.08. The Balaban J connectivity index is 2.03. The third-order valence-electron chi connectivity index (χ3n) is 4.35. The highest BCUT2D eigenvalue weighted by atomic mass is 14.6. The standard InChI is InChI=1S/C12H20/c1-11-4-9-3-10(5-11)7-12(2,6-9)8-11/h9-10H,3-8H2,1-2H3/t9?,10?,11-,12+/i9D. The van der Waals surface area contributed by atoms with Crippen molar-refractivity contribution in [2.45, 2.75) is 52.4 Å². The lowest BCUT2D eigenvalue weighted by Crippen LogP contribution is -2.49. The largest absolute Gasteiger partial charge is 0.0596 e. The molecule has 0 radical (unpaired) electrons. The van der Waals surface area contributed by atoms with Gasteiger partial charge in [0.2, 0.25) is 0 Å². The molecular formula is C12H20. The monoisotopic (exact) mass is 165 g/mol. The van der Waals surface area contributed by atoms with Gasteiger partial charge in [-0.05, 0) is 61.2 Å². The third-order valence-corrected chi connectivity index (χ3v) is 4.35. The first-order valence-corrected chi connectivity index (χ1v) is 5.41. The highest BCUT2D eigenvalue weighted by Crippen LogP contribution is 2.64. The van der Waals surface area contributed by atoms with Crippen LogP contribution in [0.5, 0.6) is 0 Å². The second-order valence-corrected chi connectivity index (χ2v) is 6.38. The molecule has 0 aromatic carbocycles. The summed E-state index contributed by atoms with van der Waals surface area (Å²) >= 11 is 0. The lowest BCUT2D eigenvalue weighted by molar-refractivity contribution is -0.0920. The topological polar surface area (TPSA) is 0 Å². The van der Waals surface area contributed by atoms with Crippen LogP contribution in [-0.4, -0.2) is 0 Å². The second kappa shape index (κ2) is 1.91. The molecule has 4 fully saturated rings. The zero-order valence-electron chi connectivity index (χ0n) is 9.32. The zero-order valence-corrected chi connectivity index (χ0v) is 8.32. The van der Waals surface area contributed by atoms with Crippen molar-refractivity contribution in [1.82, 2.24) is 0 Å². The van der Waals surface area contributed by atoms with Crippen LogP contribution in [0.3, 0.4) is 0 Å². The molecule has 12 heavy (non-hydrogen) atoms. The molecule has 4 aliphatic carbocycles. The molecule has 0 heteroatoms. The normalized spacial score (nSPS) is 69.8. The minimum Gasteiger partial charge on any atom is -0.0596 e. The van der Waals surface area contributed by atoms with Crippen LogP contribution in [0.15, 0.2) is 0 Å². The minimum atomic E-state index is -0.0249. The molecule has 4 saturated carbocycles. The second-order valence-electron chi connectivity index (χ2n) is 6.38. The van der Waals surface area contributed by atoms with E-state index in [9.17, 15) is 0 Å². The van der Waals surface area contributed by atoms with Gasteiger partial charge >= 0.3 is 0 Å². The van der Waals surface area contributed by atoms with Gasteiger partial charge < -0.3 is 0 Å². The van der Waals surface area contributed by atoms with Crippen LogP contribution >= 0.6 is 0 Å². The summed E-state index contributed by atoms with van der Waals surface area (Å²) in [5.74, 6) is 0.867. The average molecular weight is 165 g/mol. The van der Waals surface area contributed by atoms with Crippen molar-refractivity contribution in [3.63, 3.8) is 0 Å². The van der Waals surface area contributed by atoms with Gasteiger partial charge in [-0.3, -0.25) is 0 Å². The zero-order chi connectivity index (χ0) is 9.32. The summed E-state index contributed by atoms with van der Waals surface area (Å²) in [6.45, 7) is 4.86. The molecule has 4 rings (SSSR count). The van der Waals surface area contributed by atoms with Crippen LogP contribution in [0.25, 0.3) is 0 Å². The number of rotatable bonds is 0. The molecule has 0 heterocycles. The molecule has 2 unspecified atom stereocenters. The van der Waals surface area contributed by atoms with Crippen molar-refractivity contribution in [2.75, 3.05) is 0 Å². The van der Waals surface area contributed by atoms with E-state index in [0.29, 0.717) is 10.8 Å². The fourth-order valence-electron chi connectivity index (χ4n) is 4.88. The molecule has 0 N–H and O–H groups in total. The summed E-state index contributed by atoms with van der Waals surface area (Å²) in [4.78, 5) is 0. The summed E-state index contributed by atoms with van der Waals surface area (Å²) in [5, 5.41) is 0. The quantitative estimate of drug-likeness (QED) is 0.514. The van der Waals surface area contributed by atoms with Gasteiger partial charge in [-0.15, -0.1) is 0 Å². The Morgan fingerprint density at radius 2 is 1.67 bits per heavy atom. The fourth-order valence-corrected chi connectivity index (χ4v) is 4.88. The molecule has 68 valence electrons. The van der Waals surface area contributed by atoms with E-state index < -0.39 is 0 Å². The first-order chi connectivity index (χ1) is 5.91. The molecule has 0 aromatic heterocycles. The molecule has 0 aliphatic heterocycles. The van der Waals surface area contributed by atoms with Crippen molar-refractivity contribution in [2.24, 2.45) is 22.6 Å². The molecule has 0 spiro atoms. The Morgan fingerprint density at radius 3 is 2.08 bits per heavy atom. The van der Waals surface area contributed by atoms with E-state index in [2.05, 4.69) is 13.8 Å². The van der Waals surface area contributed by atoms with Crippen molar-refractivity contribution in [3.8, 4) is 0 Å². The van der Waals surface area contributed by atoms with Crippen LogP contribution < -0.4 is 0 Å². The van der Waals surface area contributed by atoms with Gasteiger partial charge in [0, 0.05) is 1.37 Å². The van der Waals surface area contributed by atoms with Gasteiger partial charge in [0.15, 0.2) is 0 Å². The third kappa shape index (κ3) is 0.900. The van der Waals surface area contributed by atoms with Crippen LogP contribution in [-0.2, 0) is 0 Å². The number of hydrogen-bond donors (Lipinski definition) is 0. The van der Waals surface area contributed by atoms with Crippen LogP contribution in [0, 0.1) is 22.6 Å². The Labute approximate surface area is 77.1 Å². The van der Waals surface area contributed by atoms with Gasteiger partial charge in [0.25, 0.3) is 0 Å². The summed E-state index contributed by atoms with van der Waals surface area (Å²) in [7, 11) is 0. The van der Waals surface area contributed by atoms with Gasteiger partial charge in [0.05, 0.1) is 0 Å². The molecule has 0 amide bonds. The Kier molecular flexibility index (Phi) is 1.03. The maximum absolute atomic E-state index is 8.46. The maximum atomic E-state index is 8.46. The molecule has 0 nitrogen and oxygen atoms in total. The molecule has 4 atom stereocenters. The van der Waals surface area contributed by atoms with Crippen molar-refractivity contribution in [3.05, 3.63) is 0 Å². The predicted molar refractivity (Wildman–Crippen MR) is 50.9 cm³/mol. The SMILES string of the molecule is [2H]C12CC3C[C@@](C)(C1)C[C@](C)(C3)C2. The Morgan fingerprint density at radius 1 is 1.08 bits per heavy atom. The smallest absolute Gasteiger partial charge is 0.0303 e. The van der Waals surface area contributed by atoms with Gasteiger partial charge in [-0.25, -0.2) is 0 Å². The van der Waals surface area contributed by atoms with E-state index in [0.717, 1.165) is 5.92 Å². The van der Waals surface area contributed by atoms with Crippen molar-refractivity contribution < 1.29 is 1.37 Å². The highest BCUT2D eigenvalue weighted by Gasteiger charge is 2.53. The van der Waals surface area contributed by atoms with E-state index in [1.807, 2.05) is 0 Å². The first-order valence-electron chi connectivity index (χ1n) is 5.91. The van der Waals surface area contributed by atoms with Crippen LogP contribution in [0.2, 0.25) is 0 Å². The lowest BCUT2D eigenvalue weighted by Gasteiger charge is -2.60. The van der Waals surface area contributed by atoms with Gasteiger partial charge in [-0.1, -0.05) is 13.8 Å². The van der Waals surface area contributed by atoms with E-state index >= 15 is 0 Å². The van der Waals surface area contributed by atoms with Crippen molar-refractivity contribution >= 4 is 0 Å².